The van der Waals surface area contributed by atoms with Gasteiger partial charge in [0.1, 0.15) is 12.7 Å². The molecule has 9 heteroatoms. The molecule has 0 aromatic carbocycles. The van der Waals surface area contributed by atoms with E-state index < -0.39 is 26.5 Å². The monoisotopic (exact) mass is 477 g/mol. The predicted molar refractivity (Wildman–Crippen MR) is 127 cm³/mol. The quantitative estimate of drug-likeness (QED) is 0.0667. The molecule has 0 rings (SSSR count). The first-order valence-electron chi connectivity index (χ1n) is 11.9. The fraction of sp³-hybridized carbons (Fsp3) is 0.783. The van der Waals surface area contributed by atoms with E-state index in [-0.39, 0.29) is 19.8 Å². The van der Waals surface area contributed by atoms with E-state index in [0.29, 0.717) is 0 Å². The fourth-order valence-electron chi connectivity index (χ4n) is 2.90. The Morgan fingerprint density at radius 1 is 0.938 bits per heavy atom. The summed E-state index contributed by atoms with van der Waals surface area (Å²) in [7, 11) is -4.26. The zero-order chi connectivity index (χ0) is 23.9. The molecule has 0 fully saturated rings. The van der Waals surface area contributed by atoms with Gasteiger partial charge in [0.05, 0.1) is 13.2 Å². The predicted octanol–water partition coefficient (Wildman–Crippen LogP) is 4.80. The van der Waals surface area contributed by atoms with E-state index in [1.807, 2.05) is 6.08 Å². The molecule has 2 atom stereocenters. The third-order valence-corrected chi connectivity index (χ3v) is 5.66. The van der Waals surface area contributed by atoms with Gasteiger partial charge in [-0.25, -0.2) is 9.36 Å². The van der Waals surface area contributed by atoms with Crippen LogP contribution in [0.15, 0.2) is 24.3 Å². The molecule has 0 aliphatic heterocycles. The number of hydrogen-bond acceptors (Lipinski definition) is 7. The standard InChI is InChI=1S/C23H44NO7P/c1-2-3-4-5-6-7-8-9-10-11-12-13-14-15-16-17-23(26)29-20-22(25)21-31-32(27,28)30-19-18-24/h14-17,22,25H,2-13,18-21,24H2,1H3,(H,27,28)/b15-14+,17-16+/t22-/m1/s1. The molecule has 0 aromatic heterocycles. The molecule has 188 valence electrons. The Bertz CT molecular complexity index is 554. The van der Waals surface area contributed by atoms with Crippen LogP contribution in [0.3, 0.4) is 0 Å². The lowest BCUT2D eigenvalue weighted by molar-refractivity contribution is -0.141. The van der Waals surface area contributed by atoms with Gasteiger partial charge in [-0.05, 0) is 12.8 Å². The smallest absolute Gasteiger partial charge is 0.460 e. The summed E-state index contributed by atoms with van der Waals surface area (Å²) in [5, 5.41) is 9.64. The number of rotatable bonds is 22. The highest BCUT2D eigenvalue weighted by molar-refractivity contribution is 7.47. The maximum atomic E-state index is 11.6. The van der Waals surface area contributed by atoms with Crippen LogP contribution in [0, 0.1) is 0 Å². The second-order valence-electron chi connectivity index (χ2n) is 7.78. The minimum atomic E-state index is -4.26. The highest BCUT2D eigenvalue weighted by Gasteiger charge is 2.22. The number of phosphoric acid groups is 1. The highest BCUT2D eigenvalue weighted by atomic mass is 31.2. The Morgan fingerprint density at radius 2 is 1.53 bits per heavy atom. The summed E-state index contributed by atoms with van der Waals surface area (Å²) < 4.78 is 25.3. The molecular formula is C23H44NO7P. The van der Waals surface area contributed by atoms with Gasteiger partial charge in [-0.1, -0.05) is 89.4 Å². The third kappa shape index (κ3) is 22.2. The van der Waals surface area contributed by atoms with Crippen LogP contribution in [-0.2, 0) is 23.1 Å². The van der Waals surface area contributed by atoms with Gasteiger partial charge >= 0.3 is 13.8 Å². The second-order valence-corrected chi connectivity index (χ2v) is 9.24. The van der Waals surface area contributed by atoms with Gasteiger partial charge in [0.25, 0.3) is 0 Å². The zero-order valence-electron chi connectivity index (χ0n) is 19.7. The van der Waals surface area contributed by atoms with Crippen LogP contribution in [0.1, 0.15) is 84.0 Å². The Morgan fingerprint density at radius 3 is 2.12 bits per heavy atom. The van der Waals surface area contributed by atoms with Crippen molar-refractivity contribution in [1.29, 1.82) is 0 Å². The molecule has 0 aliphatic rings. The summed E-state index contributed by atoms with van der Waals surface area (Å²) in [6, 6.07) is 0. The Kier molecular flexibility index (Phi) is 21.1. The fourth-order valence-corrected chi connectivity index (χ4v) is 3.67. The molecule has 0 radical (unpaired) electrons. The zero-order valence-corrected chi connectivity index (χ0v) is 20.6. The van der Waals surface area contributed by atoms with Crippen LogP contribution in [0.4, 0.5) is 0 Å². The Hall–Kier alpha value is -1.02. The molecule has 0 heterocycles. The summed E-state index contributed by atoms with van der Waals surface area (Å²) >= 11 is 0. The number of allylic oxidation sites excluding steroid dienone is 3. The molecule has 4 N–H and O–H groups in total. The number of carbonyl (C=O) groups excluding carboxylic acids is 1. The van der Waals surface area contributed by atoms with Gasteiger partial charge in [0, 0.05) is 12.6 Å². The van der Waals surface area contributed by atoms with Crippen molar-refractivity contribution in [1.82, 2.24) is 0 Å². The van der Waals surface area contributed by atoms with Crippen LogP contribution in [0.25, 0.3) is 0 Å². The molecule has 0 aliphatic carbocycles. The molecule has 32 heavy (non-hydrogen) atoms. The molecule has 0 amide bonds. The molecule has 0 bridgehead atoms. The summed E-state index contributed by atoms with van der Waals surface area (Å²) in [5.74, 6) is -0.616. The molecule has 0 aromatic rings. The van der Waals surface area contributed by atoms with E-state index in [1.165, 1.54) is 70.3 Å². The van der Waals surface area contributed by atoms with Crippen molar-refractivity contribution in [3.05, 3.63) is 24.3 Å². The molecule has 0 saturated heterocycles. The number of unbranched alkanes of at least 4 members (excludes halogenated alkanes) is 11. The molecule has 8 nitrogen and oxygen atoms in total. The molecule has 0 spiro atoms. The SMILES string of the molecule is CCCCCCCCCCCCC/C=C/C=C/C(=O)OC[C@@H](O)COP(=O)(O)OCCN. The van der Waals surface area contributed by atoms with Gasteiger partial charge in [0.15, 0.2) is 0 Å². The summed E-state index contributed by atoms with van der Waals surface area (Å²) in [6.07, 6.45) is 20.9. The van der Waals surface area contributed by atoms with Crippen LogP contribution in [-0.4, -0.2) is 48.4 Å². The first-order valence-corrected chi connectivity index (χ1v) is 13.4. The number of esters is 1. The van der Waals surface area contributed by atoms with E-state index in [1.54, 1.807) is 12.2 Å². The van der Waals surface area contributed by atoms with Crippen molar-refractivity contribution in [2.24, 2.45) is 5.73 Å². The van der Waals surface area contributed by atoms with Gasteiger partial charge in [-0.2, -0.15) is 0 Å². The lowest BCUT2D eigenvalue weighted by Gasteiger charge is -2.14. The minimum Gasteiger partial charge on any atom is -0.460 e. The lowest BCUT2D eigenvalue weighted by Crippen LogP contribution is -2.23. The van der Waals surface area contributed by atoms with Crippen molar-refractivity contribution in [2.75, 3.05) is 26.4 Å². The maximum Gasteiger partial charge on any atom is 0.472 e. The van der Waals surface area contributed by atoms with Crippen LogP contribution in [0.2, 0.25) is 0 Å². The molecule has 1 unspecified atom stereocenters. The second kappa shape index (κ2) is 21.8. The number of phosphoric ester groups is 1. The van der Waals surface area contributed by atoms with Crippen LogP contribution < -0.4 is 5.73 Å². The van der Waals surface area contributed by atoms with E-state index >= 15 is 0 Å². The van der Waals surface area contributed by atoms with Crippen molar-refractivity contribution >= 4 is 13.8 Å². The number of aliphatic hydroxyl groups is 1. The molecule has 0 saturated carbocycles. The van der Waals surface area contributed by atoms with Gasteiger partial charge in [-0.15, -0.1) is 0 Å². The maximum absolute atomic E-state index is 11.6. The topological polar surface area (TPSA) is 128 Å². The third-order valence-electron chi connectivity index (χ3n) is 4.67. The number of nitrogens with two attached hydrogens (primary N) is 1. The first kappa shape index (κ1) is 31.0. The summed E-state index contributed by atoms with van der Waals surface area (Å²) in [6.45, 7) is 1.30. The first-order chi connectivity index (χ1) is 15.4. The lowest BCUT2D eigenvalue weighted by atomic mass is 10.1. The Balaban J connectivity index is 3.63. The van der Waals surface area contributed by atoms with Crippen molar-refractivity contribution in [3.63, 3.8) is 0 Å². The van der Waals surface area contributed by atoms with E-state index in [2.05, 4.69) is 16.0 Å². The van der Waals surface area contributed by atoms with Gasteiger partial charge < -0.3 is 20.5 Å². The number of hydrogen-bond donors (Lipinski definition) is 3. The number of carbonyl (C=O) groups is 1. The molecular weight excluding hydrogens is 433 g/mol. The normalized spacial score (nSPS) is 14.8. The largest absolute Gasteiger partial charge is 0.472 e. The highest BCUT2D eigenvalue weighted by Crippen LogP contribution is 2.42. The van der Waals surface area contributed by atoms with E-state index in [9.17, 15) is 19.4 Å². The summed E-state index contributed by atoms with van der Waals surface area (Å²) in [5.41, 5.74) is 5.16. The van der Waals surface area contributed by atoms with Crippen molar-refractivity contribution in [3.8, 4) is 0 Å². The van der Waals surface area contributed by atoms with Crippen LogP contribution in [0.5, 0.6) is 0 Å². The van der Waals surface area contributed by atoms with Crippen molar-refractivity contribution < 1.29 is 33.1 Å². The average Bonchev–Trinajstić information content (AvgIpc) is 2.77. The minimum absolute atomic E-state index is 0.0637. The summed E-state index contributed by atoms with van der Waals surface area (Å²) in [4.78, 5) is 20.9. The van der Waals surface area contributed by atoms with Gasteiger partial charge in [-0.3, -0.25) is 9.05 Å². The van der Waals surface area contributed by atoms with Crippen molar-refractivity contribution in [2.45, 2.75) is 90.1 Å². The van der Waals surface area contributed by atoms with Gasteiger partial charge in [0.2, 0.25) is 0 Å². The Labute approximate surface area is 193 Å². The van der Waals surface area contributed by atoms with Crippen LogP contribution >= 0.6 is 7.82 Å². The average molecular weight is 478 g/mol. The van der Waals surface area contributed by atoms with E-state index in [4.69, 9.17) is 10.5 Å². The number of aliphatic hydroxyl groups excluding tert-OH is 1. The van der Waals surface area contributed by atoms with E-state index in [0.717, 1.165) is 12.8 Å². The number of ether oxygens (including phenoxy) is 1.